The predicted octanol–water partition coefficient (Wildman–Crippen LogP) is 2.05. The van der Waals surface area contributed by atoms with Gasteiger partial charge >= 0.3 is 5.97 Å². The molecule has 2 aromatic rings. The fourth-order valence-electron chi connectivity index (χ4n) is 2.96. The van der Waals surface area contributed by atoms with Crippen LogP contribution in [0.2, 0.25) is 0 Å². The maximum absolute atomic E-state index is 12.9. The molecule has 0 amide bonds. The molecule has 0 spiro atoms. The summed E-state index contributed by atoms with van der Waals surface area (Å²) in [6.45, 7) is 2.94. The van der Waals surface area contributed by atoms with Crippen molar-refractivity contribution < 1.29 is 23.4 Å². The van der Waals surface area contributed by atoms with E-state index < -0.39 is 27.3 Å². The Morgan fingerprint density at radius 1 is 1.15 bits per heavy atom. The summed E-state index contributed by atoms with van der Waals surface area (Å²) in [6.07, 6.45) is 0.703. The zero-order chi connectivity index (χ0) is 18.7. The minimum atomic E-state index is -3.81. The third kappa shape index (κ3) is 4.07. The van der Waals surface area contributed by atoms with Crippen LogP contribution in [0, 0.1) is 0 Å². The van der Waals surface area contributed by atoms with E-state index in [0.717, 1.165) is 25.2 Å². The number of hydrogen-bond acceptors (Lipinski definition) is 6. The molecule has 0 unspecified atom stereocenters. The summed E-state index contributed by atoms with van der Waals surface area (Å²) in [6, 6.07) is 7.43. The van der Waals surface area contributed by atoms with Crippen LogP contribution in [0.25, 0.3) is 0 Å². The van der Waals surface area contributed by atoms with Crippen LogP contribution in [0.15, 0.2) is 40.6 Å². The third-order valence-corrected chi connectivity index (χ3v) is 7.10. The number of carboxylic acid groups (broad SMARTS) is 1. The molecular formula is C17H20N2O5S2. The van der Waals surface area contributed by atoms with E-state index in [-0.39, 0.29) is 4.90 Å². The van der Waals surface area contributed by atoms with Crippen molar-refractivity contribution in [2.45, 2.75) is 17.9 Å². The molecule has 0 saturated carbocycles. The highest BCUT2D eigenvalue weighted by molar-refractivity contribution is 7.89. The Morgan fingerprint density at radius 2 is 1.96 bits per heavy atom. The van der Waals surface area contributed by atoms with Crippen molar-refractivity contribution in [1.29, 1.82) is 0 Å². The summed E-state index contributed by atoms with van der Waals surface area (Å²) in [5, 5.41) is 20.7. The standard InChI is InChI=1S/C17H20N2O5S2/c20-16-5-4-14(11-15(16)17(21)22)26(23,24)19-7-2-6-18(8-9-19)12-13-3-1-10-25-13/h1,3-5,10-11,20H,2,6-9,12H2,(H,21,22). The second-order valence-electron chi connectivity index (χ2n) is 6.10. The van der Waals surface area contributed by atoms with Crippen LogP contribution in [0.5, 0.6) is 5.75 Å². The van der Waals surface area contributed by atoms with E-state index in [1.807, 2.05) is 11.4 Å². The minimum absolute atomic E-state index is 0.112. The van der Waals surface area contributed by atoms with Crippen LogP contribution in [0.1, 0.15) is 21.7 Å². The topological polar surface area (TPSA) is 98.1 Å². The number of hydrogen-bond donors (Lipinski definition) is 2. The quantitative estimate of drug-likeness (QED) is 0.803. The average molecular weight is 396 g/mol. The predicted molar refractivity (Wildman–Crippen MR) is 98.0 cm³/mol. The summed E-state index contributed by atoms with van der Waals surface area (Å²) >= 11 is 1.68. The van der Waals surface area contributed by atoms with E-state index in [1.54, 1.807) is 11.3 Å². The first-order valence-electron chi connectivity index (χ1n) is 8.19. The van der Waals surface area contributed by atoms with Crippen LogP contribution in [0.4, 0.5) is 0 Å². The lowest BCUT2D eigenvalue weighted by molar-refractivity contribution is 0.0693. The lowest BCUT2D eigenvalue weighted by Gasteiger charge is -2.21. The Hall–Kier alpha value is -1.94. The van der Waals surface area contributed by atoms with Crippen molar-refractivity contribution in [2.24, 2.45) is 0 Å². The largest absolute Gasteiger partial charge is 0.507 e. The van der Waals surface area contributed by atoms with E-state index in [0.29, 0.717) is 26.1 Å². The fourth-order valence-corrected chi connectivity index (χ4v) is 5.21. The molecule has 3 rings (SSSR count). The Kier molecular flexibility index (Phi) is 5.61. The van der Waals surface area contributed by atoms with Crippen molar-refractivity contribution in [3.63, 3.8) is 0 Å². The van der Waals surface area contributed by atoms with Gasteiger partial charge in [0.05, 0.1) is 4.90 Å². The number of aromatic hydroxyl groups is 1. The minimum Gasteiger partial charge on any atom is -0.507 e. The molecule has 1 saturated heterocycles. The highest BCUT2D eigenvalue weighted by atomic mass is 32.2. The highest BCUT2D eigenvalue weighted by Gasteiger charge is 2.28. The Morgan fingerprint density at radius 3 is 2.65 bits per heavy atom. The molecule has 0 aliphatic carbocycles. The van der Waals surface area contributed by atoms with E-state index >= 15 is 0 Å². The van der Waals surface area contributed by atoms with Gasteiger partial charge in [0.1, 0.15) is 11.3 Å². The SMILES string of the molecule is O=C(O)c1cc(S(=O)(=O)N2CCCN(Cc3cccs3)CC2)ccc1O. The summed E-state index contributed by atoms with van der Waals surface area (Å²) in [5.74, 6) is -1.81. The summed E-state index contributed by atoms with van der Waals surface area (Å²) in [5.41, 5.74) is -0.416. The van der Waals surface area contributed by atoms with Crippen LogP contribution in [-0.2, 0) is 16.6 Å². The first-order valence-corrected chi connectivity index (χ1v) is 10.5. The van der Waals surface area contributed by atoms with Crippen LogP contribution in [-0.4, -0.2) is 60.0 Å². The second-order valence-corrected chi connectivity index (χ2v) is 9.07. The maximum Gasteiger partial charge on any atom is 0.339 e. The smallest absolute Gasteiger partial charge is 0.339 e. The summed E-state index contributed by atoms with van der Waals surface area (Å²) in [7, 11) is -3.81. The molecular weight excluding hydrogens is 376 g/mol. The molecule has 1 aromatic heterocycles. The van der Waals surface area contributed by atoms with Gasteiger partial charge in [-0.15, -0.1) is 11.3 Å². The lowest BCUT2D eigenvalue weighted by atomic mass is 10.2. The van der Waals surface area contributed by atoms with Gasteiger partial charge in [0, 0.05) is 31.1 Å². The van der Waals surface area contributed by atoms with Crippen LogP contribution >= 0.6 is 11.3 Å². The van der Waals surface area contributed by atoms with Gasteiger partial charge < -0.3 is 10.2 Å². The van der Waals surface area contributed by atoms with E-state index in [4.69, 9.17) is 5.11 Å². The first-order chi connectivity index (χ1) is 12.4. The zero-order valence-electron chi connectivity index (χ0n) is 14.0. The number of benzene rings is 1. The number of aromatic carboxylic acids is 1. The maximum atomic E-state index is 12.9. The third-order valence-electron chi connectivity index (χ3n) is 4.34. The highest BCUT2D eigenvalue weighted by Crippen LogP contribution is 2.25. The normalized spacial score (nSPS) is 17.1. The number of rotatable bonds is 5. The van der Waals surface area contributed by atoms with E-state index in [2.05, 4.69) is 11.0 Å². The molecule has 9 heteroatoms. The van der Waals surface area contributed by atoms with E-state index in [1.165, 1.54) is 15.2 Å². The number of carbonyl (C=O) groups is 1. The van der Waals surface area contributed by atoms with Gasteiger partial charge in [-0.3, -0.25) is 4.90 Å². The van der Waals surface area contributed by atoms with Crippen molar-refractivity contribution in [3.05, 3.63) is 46.2 Å². The summed E-state index contributed by atoms with van der Waals surface area (Å²) < 4.78 is 27.2. The van der Waals surface area contributed by atoms with Gasteiger partial charge in [0.25, 0.3) is 0 Å². The molecule has 0 atom stereocenters. The number of phenols is 1. The number of carboxylic acids is 1. The Bertz CT molecular complexity index is 881. The van der Waals surface area contributed by atoms with Gasteiger partial charge in [-0.05, 0) is 42.6 Å². The molecule has 0 bridgehead atoms. The molecule has 2 heterocycles. The number of nitrogens with zero attached hydrogens (tertiary/aromatic N) is 2. The summed E-state index contributed by atoms with van der Waals surface area (Å²) in [4.78, 5) is 14.5. The molecule has 7 nitrogen and oxygen atoms in total. The molecule has 2 N–H and O–H groups in total. The van der Waals surface area contributed by atoms with Gasteiger partial charge in [-0.1, -0.05) is 6.07 Å². The van der Waals surface area contributed by atoms with Crippen LogP contribution < -0.4 is 0 Å². The molecule has 1 aromatic carbocycles. The molecule has 140 valence electrons. The zero-order valence-corrected chi connectivity index (χ0v) is 15.7. The number of thiophene rings is 1. The Labute approximate surface area is 156 Å². The fraction of sp³-hybridized carbons (Fsp3) is 0.353. The molecule has 1 aliphatic rings. The van der Waals surface area contributed by atoms with Crippen molar-refractivity contribution in [3.8, 4) is 5.75 Å². The molecule has 1 aliphatic heterocycles. The van der Waals surface area contributed by atoms with Crippen LogP contribution in [0.3, 0.4) is 0 Å². The molecule has 1 fully saturated rings. The average Bonchev–Trinajstić information content (AvgIpc) is 2.98. The van der Waals surface area contributed by atoms with Gasteiger partial charge in [0.2, 0.25) is 10.0 Å². The van der Waals surface area contributed by atoms with Crippen molar-refractivity contribution in [2.75, 3.05) is 26.2 Å². The molecule has 26 heavy (non-hydrogen) atoms. The second kappa shape index (κ2) is 7.75. The Balaban J connectivity index is 1.75. The van der Waals surface area contributed by atoms with Crippen molar-refractivity contribution in [1.82, 2.24) is 9.21 Å². The van der Waals surface area contributed by atoms with Gasteiger partial charge in [0.15, 0.2) is 0 Å². The van der Waals surface area contributed by atoms with Gasteiger partial charge in [-0.2, -0.15) is 4.31 Å². The van der Waals surface area contributed by atoms with Gasteiger partial charge in [-0.25, -0.2) is 13.2 Å². The number of sulfonamides is 1. The van der Waals surface area contributed by atoms with Crippen molar-refractivity contribution >= 4 is 27.3 Å². The molecule has 0 radical (unpaired) electrons. The van der Waals surface area contributed by atoms with E-state index in [9.17, 15) is 18.3 Å². The monoisotopic (exact) mass is 396 g/mol. The lowest BCUT2D eigenvalue weighted by Crippen LogP contribution is -2.35. The first kappa shape index (κ1) is 18.8.